The van der Waals surface area contributed by atoms with Gasteiger partial charge in [-0.2, -0.15) is 0 Å². The predicted molar refractivity (Wildman–Crippen MR) is 150 cm³/mol. The molecule has 41 heavy (non-hydrogen) atoms. The number of halogens is 3. The van der Waals surface area contributed by atoms with Crippen LogP contribution in [0.25, 0.3) is 0 Å². The van der Waals surface area contributed by atoms with Crippen LogP contribution in [-0.4, -0.2) is 59.8 Å². The maximum atomic E-state index is 13.8. The first kappa shape index (κ1) is 30.8. The highest BCUT2D eigenvalue weighted by Gasteiger charge is 2.62. The Balaban J connectivity index is 1.63. The van der Waals surface area contributed by atoms with Gasteiger partial charge in [-0.25, -0.2) is 18.4 Å². The van der Waals surface area contributed by atoms with Crippen LogP contribution < -0.4 is 14.8 Å². The Morgan fingerprint density at radius 3 is 2.37 bits per heavy atom. The van der Waals surface area contributed by atoms with Crippen LogP contribution in [0, 0.1) is 0 Å². The summed E-state index contributed by atoms with van der Waals surface area (Å²) in [6.07, 6.45) is 0.0162. The van der Waals surface area contributed by atoms with E-state index in [9.17, 15) is 23.5 Å². The zero-order valence-electron chi connectivity index (χ0n) is 23.6. The number of carbonyl (C=O) groups is 2. The summed E-state index contributed by atoms with van der Waals surface area (Å²) in [7, 11) is 0. The molecule has 0 aliphatic heterocycles. The molecule has 2 aromatic rings. The standard InChI is InChI=1S/C30H37ClF2N2O6/c1-4-40-23-15-22(25(31)26(41-5-2)24(23)21-11-12-21)19(3)35(13-14-39-16-20-9-7-6-8-10-20)28(38)34-29(27(36)37)17-30(32,33)18-29/h6-10,15,19,21H,4-5,11-14,16-18H2,1-3H3,(H,34,38)(H,36,37)/t19-/m1/s1. The van der Waals surface area contributed by atoms with E-state index in [1.165, 1.54) is 4.90 Å². The molecule has 0 saturated heterocycles. The number of aliphatic carboxylic acids is 1. The minimum Gasteiger partial charge on any atom is -0.493 e. The Hall–Kier alpha value is -3.11. The number of benzene rings is 2. The molecule has 0 radical (unpaired) electrons. The van der Waals surface area contributed by atoms with E-state index in [-0.39, 0.29) is 19.1 Å². The van der Waals surface area contributed by atoms with Gasteiger partial charge in [0.2, 0.25) is 0 Å². The highest BCUT2D eigenvalue weighted by Crippen LogP contribution is 2.53. The van der Waals surface area contributed by atoms with E-state index in [2.05, 4.69) is 5.32 Å². The molecular weight excluding hydrogens is 558 g/mol. The van der Waals surface area contributed by atoms with E-state index in [0.717, 1.165) is 24.0 Å². The molecule has 0 aromatic heterocycles. The number of carboxylic acids is 1. The molecule has 8 nitrogen and oxygen atoms in total. The second kappa shape index (κ2) is 12.8. The minimum atomic E-state index is -3.17. The van der Waals surface area contributed by atoms with Gasteiger partial charge in [0.1, 0.15) is 11.5 Å². The molecular formula is C30H37ClF2N2O6. The lowest BCUT2D eigenvalue weighted by Crippen LogP contribution is -2.68. The fourth-order valence-corrected chi connectivity index (χ4v) is 5.60. The second-order valence-corrected chi connectivity index (χ2v) is 11.0. The molecule has 11 heteroatoms. The van der Waals surface area contributed by atoms with E-state index in [1.807, 2.05) is 44.2 Å². The first-order valence-electron chi connectivity index (χ1n) is 14.0. The average molecular weight is 595 g/mol. The smallest absolute Gasteiger partial charge is 0.329 e. The number of ether oxygens (including phenoxy) is 3. The SMILES string of the molecule is CCOc1cc([C@@H](C)N(CCOCc2ccccc2)C(=O)NC2(C(=O)O)CC(F)(F)C2)c(Cl)c(OCC)c1C1CC1. The van der Waals surface area contributed by atoms with Gasteiger partial charge in [-0.1, -0.05) is 41.9 Å². The lowest BCUT2D eigenvalue weighted by Gasteiger charge is -2.45. The zero-order chi connectivity index (χ0) is 29.8. The number of hydrogen-bond acceptors (Lipinski definition) is 5. The van der Waals surface area contributed by atoms with Crippen LogP contribution in [0.1, 0.15) is 75.1 Å². The number of nitrogens with one attached hydrogen (secondary N) is 1. The molecule has 2 aromatic carbocycles. The van der Waals surface area contributed by atoms with Crippen LogP contribution in [0.5, 0.6) is 11.5 Å². The van der Waals surface area contributed by atoms with Crippen molar-refractivity contribution in [1.82, 2.24) is 10.2 Å². The van der Waals surface area contributed by atoms with Crippen molar-refractivity contribution in [2.75, 3.05) is 26.4 Å². The summed E-state index contributed by atoms with van der Waals surface area (Å²) in [6, 6.07) is 9.77. The highest BCUT2D eigenvalue weighted by molar-refractivity contribution is 6.33. The van der Waals surface area contributed by atoms with Crippen LogP contribution >= 0.6 is 11.6 Å². The van der Waals surface area contributed by atoms with E-state index < -0.39 is 42.3 Å². The number of urea groups is 1. The summed E-state index contributed by atoms with van der Waals surface area (Å²) in [5.74, 6) is -3.28. The van der Waals surface area contributed by atoms with Crippen molar-refractivity contribution in [3.63, 3.8) is 0 Å². The van der Waals surface area contributed by atoms with E-state index in [4.69, 9.17) is 25.8 Å². The molecule has 224 valence electrons. The maximum Gasteiger partial charge on any atom is 0.329 e. The molecule has 0 spiro atoms. The second-order valence-electron chi connectivity index (χ2n) is 10.6. The molecule has 2 fully saturated rings. The first-order valence-corrected chi connectivity index (χ1v) is 14.3. The lowest BCUT2D eigenvalue weighted by atomic mass is 9.73. The molecule has 2 aliphatic rings. The van der Waals surface area contributed by atoms with Gasteiger partial charge in [-0.15, -0.1) is 0 Å². The Kier molecular flexibility index (Phi) is 9.64. The van der Waals surface area contributed by atoms with Gasteiger partial charge in [-0.05, 0) is 51.2 Å². The van der Waals surface area contributed by atoms with Gasteiger partial charge < -0.3 is 29.5 Å². The monoisotopic (exact) mass is 594 g/mol. The molecule has 2 saturated carbocycles. The highest BCUT2D eigenvalue weighted by atomic mass is 35.5. The van der Waals surface area contributed by atoms with Crippen LogP contribution in [0.4, 0.5) is 13.6 Å². The number of hydrogen-bond donors (Lipinski definition) is 2. The lowest BCUT2D eigenvalue weighted by molar-refractivity contribution is -0.175. The molecule has 4 rings (SSSR count). The van der Waals surface area contributed by atoms with Gasteiger partial charge in [-0.3, -0.25) is 0 Å². The number of carbonyl (C=O) groups excluding carboxylic acids is 1. The largest absolute Gasteiger partial charge is 0.493 e. The Bertz CT molecular complexity index is 1230. The normalized spacial score (nSPS) is 17.7. The minimum absolute atomic E-state index is 0.0422. The molecule has 1 atom stereocenters. The van der Waals surface area contributed by atoms with Gasteiger partial charge in [0.05, 0.1) is 37.5 Å². The zero-order valence-corrected chi connectivity index (χ0v) is 24.3. The van der Waals surface area contributed by atoms with Gasteiger partial charge in [0.25, 0.3) is 5.92 Å². The van der Waals surface area contributed by atoms with Crippen molar-refractivity contribution in [1.29, 1.82) is 0 Å². The third-order valence-corrected chi connectivity index (χ3v) is 7.86. The van der Waals surface area contributed by atoms with E-state index in [1.54, 1.807) is 13.0 Å². The van der Waals surface area contributed by atoms with Gasteiger partial charge in [0, 0.05) is 30.5 Å². The summed E-state index contributed by atoms with van der Waals surface area (Å²) in [4.78, 5) is 26.9. The van der Waals surface area contributed by atoms with Crippen molar-refractivity contribution in [3.8, 4) is 11.5 Å². The molecule has 2 amide bonds. The number of carboxylic acid groups (broad SMARTS) is 1. The molecule has 0 bridgehead atoms. The third-order valence-electron chi connectivity index (χ3n) is 7.47. The summed E-state index contributed by atoms with van der Waals surface area (Å²) < 4.78 is 45.3. The van der Waals surface area contributed by atoms with Gasteiger partial charge in [0.15, 0.2) is 5.54 Å². The number of rotatable bonds is 14. The molecule has 2 aliphatic carbocycles. The van der Waals surface area contributed by atoms with Gasteiger partial charge >= 0.3 is 12.0 Å². The van der Waals surface area contributed by atoms with E-state index in [0.29, 0.717) is 41.9 Å². The number of amides is 2. The van der Waals surface area contributed by atoms with Crippen molar-refractivity contribution >= 4 is 23.6 Å². The van der Waals surface area contributed by atoms with Crippen molar-refractivity contribution in [3.05, 3.63) is 58.1 Å². The summed E-state index contributed by atoms with van der Waals surface area (Å²) in [5, 5.41) is 12.4. The van der Waals surface area contributed by atoms with Crippen LogP contribution in [0.15, 0.2) is 36.4 Å². The number of nitrogens with zero attached hydrogens (tertiary/aromatic N) is 1. The Morgan fingerprint density at radius 1 is 1.15 bits per heavy atom. The fourth-order valence-electron chi connectivity index (χ4n) is 5.23. The summed E-state index contributed by atoms with van der Waals surface area (Å²) in [5.41, 5.74) is 0.318. The summed E-state index contributed by atoms with van der Waals surface area (Å²) in [6.45, 7) is 6.70. The maximum absolute atomic E-state index is 13.8. The number of alkyl halides is 2. The third kappa shape index (κ3) is 7.04. The predicted octanol–water partition coefficient (Wildman–Crippen LogP) is 6.56. The van der Waals surface area contributed by atoms with Crippen molar-refractivity contribution in [2.24, 2.45) is 0 Å². The van der Waals surface area contributed by atoms with Crippen molar-refractivity contribution < 1.29 is 37.7 Å². The van der Waals surface area contributed by atoms with Crippen LogP contribution in [0.2, 0.25) is 5.02 Å². The average Bonchev–Trinajstić information content (AvgIpc) is 3.75. The Labute approximate surface area is 243 Å². The fraction of sp³-hybridized carbons (Fsp3) is 0.533. The molecule has 0 unspecified atom stereocenters. The first-order chi connectivity index (χ1) is 19.5. The topological polar surface area (TPSA) is 97.3 Å². The van der Waals surface area contributed by atoms with E-state index >= 15 is 0 Å². The Morgan fingerprint density at radius 2 is 1.80 bits per heavy atom. The summed E-state index contributed by atoms with van der Waals surface area (Å²) >= 11 is 6.92. The van der Waals surface area contributed by atoms with Crippen LogP contribution in [0.3, 0.4) is 0 Å². The van der Waals surface area contributed by atoms with Crippen molar-refractivity contribution in [2.45, 2.75) is 76.5 Å². The quantitative estimate of drug-likeness (QED) is 0.241. The van der Waals surface area contributed by atoms with Crippen LogP contribution in [-0.2, 0) is 16.1 Å². The molecule has 2 N–H and O–H groups in total. The molecule has 0 heterocycles.